The minimum Gasteiger partial charge on any atom is -0.620 e. The summed E-state index contributed by atoms with van der Waals surface area (Å²) in [6.07, 6.45) is 16.0. The van der Waals surface area contributed by atoms with Gasteiger partial charge < -0.3 is 73.5 Å². The number of hydrogen-bond donors (Lipinski definition) is 0. The molecule has 0 spiro atoms. The first-order valence-electron chi connectivity index (χ1n) is 30.5. The maximum absolute atomic E-state index is 13.6. The van der Waals surface area contributed by atoms with Crippen LogP contribution in [0.1, 0.15) is 0 Å². The number of ether oxygens (including phenoxy) is 1. The molecule has 6 aliphatic heterocycles. The van der Waals surface area contributed by atoms with Gasteiger partial charge in [-0.3, -0.25) is 44.2 Å². The Hall–Kier alpha value is -10.5. The van der Waals surface area contributed by atoms with E-state index in [1.54, 1.807) is 0 Å². The molecule has 16 rings (SSSR count). The first kappa shape index (κ1) is 74.7. The second kappa shape index (κ2) is 31.6. The van der Waals surface area contributed by atoms with Crippen molar-refractivity contribution in [2.24, 2.45) is 0 Å². The number of rotatable bonds is 12. The average molecular weight is 1850 g/mol. The number of halogens is 8. The molecule has 6 aliphatic rings. The van der Waals surface area contributed by atoms with E-state index in [1.807, 2.05) is 134 Å². The van der Waals surface area contributed by atoms with Gasteiger partial charge in [-0.1, -0.05) is 119 Å². The van der Waals surface area contributed by atoms with Crippen LogP contribution < -0.4 is 43.9 Å². The third kappa shape index (κ3) is 15.6. The summed E-state index contributed by atoms with van der Waals surface area (Å²) in [5.74, 6) is -7.51. The van der Waals surface area contributed by atoms with Crippen LogP contribution in [0.15, 0.2) is 159 Å². The molecule has 0 amide bonds. The second-order valence-corrected chi connectivity index (χ2v) is 22.8. The van der Waals surface area contributed by atoms with E-state index >= 15 is 0 Å². The Kier molecular flexibility index (Phi) is 22.7. The molecule has 10 aromatic rings. The van der Waals surface area contributed by atoms with Gasteiger partial charge in [-0.15, -0.1) is 24.3 Å². The standard InChI is InChI=1S/C44H40N12O.2C15H5F4N3.Ir.Pt.Rh/c1-45-15-19-51(27-45)37-23-41(53-21-17-47(3)29-53)43(25-39(37)55-31-49(5)33-11-7-9-13-35(33)55)57-44-26-40(56-32-50(6)34-12-8-10-14-36(34)56)38(52-20-16-46(2)28-52)24-42(44)54-22-18-48(4)30-54;2*16-12-6-4-8(14(18)21-12)10-2-1-3-11(20-10)9-5-7-13(17)22-15(9)19;;;/h7-22,27-32H,1-6H3;2*1-3,6-7H;;;/q-10;2*-2;;+4;. The molecule has 0 unspecified atom stereocenters. The van der Waals surface area contributed by atoms with Crippen LogP contribution in [0.2, 0.25) is 0 Å². The molecular formula is C74H50F8IrN18OPtRh-10. The van der Waals surface area contributed by atoms with Crippen molar-refractivity contribution in [2.45, 2.75) is 0 Å². The number of anilines is 10. The van der Waals surface area contributed by atoms with Crippen LogP contribution in [-0.2, 0) is 60.6 Å². The summed E-state index contributed by atoms with van der Waals surface area (Å²) in [5, 5.41) is 0. The van der Waals surface area contributed by atoms with Crippen LogP contribution >= 0.6 is 0 Å². The summed E-state index contributed by atoms with van der Waals surface area (Å²) in [5.41, 5.74) is 8.26. The molecule has 0 N–H and O–H groups in total. The van der Waals surface area contributed by atoms with Crippen molar-refractivity contribution in [1.29, 1.82) is 0 Å². The minimum absolute atomic E-state index is 0. The van der Waals surface area contributed by atoms with Crippen LogP contribution in [0, 0.1) is 136 Å². The zero-order valence-electron chi connectivity index (χ0n) is 54.9. The Labute approximate surface area is 635 Å². The Morgan fingerprint density at radius 3 is 0.875 bits per heavy atom. The van der Waals surface area contributed by atoms with Crippen LogP contribution in [0.25, 0.3) is 45.0 Å². The van der Waals surface area contributed by atoms with Gasteiger partial charge in [-0.2, -0.15) is 74.1 Å². The summed E-state index contributed by atoms with van der Waals surface area (Å²) in [6.45, 7) is 12.2. The first-order chi connectivity index (χ1) is 48.8. The van der Waals surface area contributed by atoms with Gasteiger partial charge in [0.2, 0.25) is 0 Å². The van der Waals surface area contributed by atoms with E-state index < -0.39 is 47.6 Å². The summed E-state index contributed by atoms with van der Waals surface area (Å²) in [6, 6.07) is 53.3. The molecule has 536 valence electrons. The fourth-order valence-corrected chi connectivity index (χ4v) is 11.1. The number of para-hydroxylation sites is 4. The largest absolute Gasteiger partial charge is 4.00 e. The van der Waals surface area contributed by atoms with Crippen LogP contribution in [-0.4, -0.2) is 91.8 Å². The second-order valence-electron chi connectivity index (χ2n) is 22.8. The third-order valence-corrected chi connectivity index (χ3v) is 15.7. The number of aromatic nitrogens is 6. The molecule has 0 aliphatic carbocycles. The van der Waals surface area contributed by atoms with Gasteiger partial charge in [0.05, 0.1) is 0 Å². The maximum atomic E-state index is 13.6. The maximum Gasteiger partial charge on any atom is 4.00 e. The molecule has 0 fully saturated rings. The molecule has 0 bridgehead atoms. The predicted molar refractivity (Wildman–Crippen MR) is 362 cm³/mol. The monoisotopic (exact) mass is 1850 g/mol. The fourth-order valence-electron chi connectivity index (χ4n) is 11.1. The van der Waals surface area contributed by atoms with Crippen LogP contribution in [0.3, 0.4) is 0 Å². The summed E-state index contributed by atoms with van der Waals surface area (Å²) in [4.78, 5) is 44.8. The first-order valence-corrected chi connectivity index (χ1v) is 30.5. The van der Waals surface area contributed by atoms with E-state index in [2.05, 4.69) is 184 Å². The zero-order chi connectivity index (χ0) is 70.3. The molecule has 0 saturated carbocycles. The predicted octanol–water partition coefficient (Wildman–Crippen LogP) is 14.2. The van der Waals surface area contributed by atoms with Gasteiger partial charge in [0.1, 0.15) is 47.6 Å². The molecule has 2 radical (unpaired) electrons. The summed E-state index contributed by atoms with van der Waals surface area (Å²) < 4.78 is 113. The molecule has 0 atom stereocenters. The Morgan fingerprint density at radius 1 is 0.327 bits per heavy atom. The van der Waals surface area contributed by atoms with Gasteiger partial charge in [-0.25, -0.2) is 35.1 Å². The Morgan fingerprint density at radius 2 is 0.606 bits per heavy atom. The van der Waals surface area contributed by atoms with Gasteiger partial charge >= 0.3 is 21.1 Å². The molecular weight excluding hydrogens is 1800 g/mol. The molecule has 104 heavy (non-hydrogen) atoms. The van der Waals surface area contributed by atoms with Crippen molar-refractivity contribution < 1.29 is 101 Å². The van der Waals surface area contributed by atoms with Crippen molar-refractivity contribution >= 4 is 56.9 Å². The number of pyridine rings is 6. The number of hydrogen-bond acceptors (Lipinski definition) is 19. The molecule has 12 heterocycles. The van der Waals surface area contributed by atoms with E-state index in [4.69, 9.17) is 4.74 Å². The molecule has 19 nitrogen and oxygen atoms in total. The van der Waals surface area contributed by atoms with Crippen molar-refractivity contribution in [3.8, 4) is 56.5 Å². The van der Waals surface area contributed by atoms with Crippen LogP contribution in [0.5, 0.6) is 11.5 Å². The van der Waals surface area contributed by atoms with E-state index in [0.29, 0.717) is 22.9 Å². The third-order valence-electron chi connectivity index (χ3n) is 15.7. The number of nitrogens with zero attached hydrogens (tertiary/aromatic N) is 18. The van der Waals surface area contributed by atoms with Crippen molar-refractivity contribution in [2.75, 3.05) is 81.5 Å². The van der Waals surface area contributed by atoms with Crippen molar-refractivity contribution in [1.82, 2.24) is 49.5 Å². The summed E-state index contributed by atoms with van der Waals surface area (Å²) in [7, 11) is 12.1. The van der Waals surface area contributed by atoms with Gasteiger partial charge in [0, 0.05) is 62.3 Å². The van der Waals surface area contributed by atoms with E-state index in [-0.39, 0.29) is 106 Å². The fraction of sp³-hybridized carbons (Fsp3) is 0.0811. The Bertz CT molecular complexity index is 4530. The smallest absolute Gasteiger partial charge is 0.620 e. The van der Waals surface area contributed by atoms with Gasteiger partial charge in [-0.05, 0) is 139 Å². The summed E-state index contributed by atoms with van der Waals surface area (Å²) >= 11 is 0. The van der Waals surface area contributed by atoms with Crippen molar-refractivity contribution in [3.05, 3.63) is 295 Å². The average Bonchev–Trinajstić information content (AvgIpc) is 1.52. The Balaban J connectivity index is 0.000000189. The normalized spacial score (nSPS) is 14.6. The molecule has 0 saturated heterocycles. The molecule has 6 aromatic heterocycles. The van der Waals surface area contributed by atoms with E-state index in [9.17, 15) is 35.1 Å². The minimum atomic E-state index is -1.09. The molecule has 4 aromatic carbocycles. The zero-order valence-corrected chi connectivity index (χ0v) is 61.2. The SMILES string of the molecule is CN1C=CN(c2[c-]c(N3C=CN(C)[CH-]3)c(N3[CH-]N(C)c4ccccc43)[c-]c2Oc2[c-]c(N3[CH-]N(C)c4ccccc43)c(N3C=CN(C)[CH-]3)[c-]c2N2C=CN(C)[CH-]2)[CH-]1.Fc1c[c-]c(-c2cccc(-c3[c-]cc(F)nc3F)n2)c(F)n1.Fc1c[c-]c(-c2cccc(-c3[c-]cc(F)nc3F)n2)c(F)n1.[Ir].[Pt+4].[Rh]. The number of benzene rings is 4. The molecule has 30 heteroatoms. The van der Waals surface area contributed by atoms with Crippen LogP contribution in [0.4, 0.5) is 92.0 Å². The van der Waals surface area contributed by atoms with E-state index in [0.717, 1.165) is 69.8 Å². The van der Waals surface area contributed by atoms with Crippen molar-refractivity contribution in [3.63, 3.8) is 0 Å². The van der Waals surface area contributed by atoms with Gasteiger partial charge in [0.15, 0.2) is 0 Å². The quantitative estimate of drug-likeness (QED) is 0.0498. The topological polar surface area (TPSA) is 125 Å². The number of fused-ring (bicyclic) bond motifs is 2. The van der Waals surface area contributed by atoms with Gasteiger partial charge in [0.25, 0.3) is 0 Å². The van der Waals surface area contributed by atoms with E-state index in [1.165, 1.54) is 36.4 Å².